The third-order valence-corrected chi connectivity index (χ3v) is 6.94. The molecule has 3 amide bonds. The van der Waals surface area contributed by atoms with E-state index in [1.54, 1.807) is 47.5 Å². The van der Waals surface area contributed by atoms with Gasteiger partial charge >= 0.3 is 0 Å². The Morgan fingerprint density at radius 2 is 1.64 bits per heavy atom. The number of aromatic nitrogens is 2. The lowest BCUT2D eigenvalue weighted by atomic mass is 9.98. The zero-order valence-electron chi connectivity index (χ0n) is 21.6. The van der Waals surface area contributed by atoms with E-state index in [2.05, 4.69) is 10.2 Å². The molecule has 1 atom stereocenters. The summed E-state index contributed by atoms with van der Waals surface area (Å²) in [4.78, 5) is 45.7. The lowest BCUT2D eigenvalue weighted by Gasteiger charge is -2.29. The van der Waals surface area contributed by atoms with Crippen molar-refractivity contribution >= 4 is 51.6 Å². The van der Waals surface area contributed by atoms with Crippen molar-refractivity contribution in [1.82, 2.24) is 15.1 Å². The molecular formula is C30H28ClN5O3. The van der Waals surface area contributed by atoms with Crippen molar-refractivity contribution in [3.63, 3.8) is 0 Å². The van der Waals surface area contributed by atoms with E-state index in [0.29, 0.717) is 22.1 Å². The number of anilines is 2. The summed E-state index contributed by atoms with van der Waals surface area (Å²) in [5, 5.41) is 8.78. The predicted molar refractivity (Wildman–Crippen MR) is 152 cm³/mol. The molecule has 0 bridgehead atoms. The van der Waals surface area contributed by atoms with Crippen LogP contribution in [0.2, 0.25) is 5.02 Å². The molecule has 0 radical (unpaired) electrons. The minimum Gasteiger partial charge on any atom is -0.308 e. The largest absolute Gasteiger partial charge is 0.308 e. The molecule has 0 aliphatic carbocycles. The van der Waals surface area contributed by atoms with Gasteiger partial charge < -0.3 is 9.80 Å². The van der Waals surface area contributed by atoms with Gasteiger partial charge in [-0.2, -0.15) is 5.10 Å². The second-order valence-corrected chi connectivity index (χ2v) is 10.1. The van der Waals surface area contributed by atoms with Gasteiger partial charge in [-0.3, -0.25) is 24.4 Å². The van der Waals surface area contributed by atoms with Crippen LogP contribution in [0.15, 0.2) is 91.3 Å². The van der Waals surface area contributed by atoms with Crippen molar-refractivity contribution in [3.8, 4) is 0 Å². The van der Waals surface area contributed by atoms with Crippen LogP contribution in [-0.2, 0) is 20.8 Å². The van der Waals surface area contributed by atoms with Gasteiger partial charge in [0, 0.05) is 46.6 Å². The second kappa shape index (κ2) is 11.1. The Labute approximate surface area is 231 Å². The van der Waals surface area contributed by atoms with E-state index < -0.39 is 11.8 Å². The van der Waals surface area contributed by atoms with Crippen LogP contribution in [0.1, 0.15) is 19.5 Å². The highest BCUT2D eigenvalue weighted by atomic mass is 35.5. The quantitative estimate of drug-likeness (QED) is 0.327. The highest BCUT2D eigenvalue weighted by molar-refractivity contribution is 6.30. The van der Waals surface area contributed by atoms with Gasteiger partial charge in [-0.15, -0.1) is 0 Å². The highest BCUT2D eigenvalue weighted by Crippen LogP contribution is 2.27. The molecule has 5 rings (SSSR count). The van der Waals surface area contributed by atoms with Gasteiger partial charge in [0.25, 0.3) is 0 Å². The first kappa shape index (κ1) is 26.2. The zero-order chi connectivity index (χ0) is 27.5. The Morgan fingerprint density at radius 3 is 2.36 bits per heavy atom. The fourth-order valence-corrected chi connectivity index (χ4v) is 4.92. The molecule has 2 heterocycles. The number of rotatable bonds is 7. The fraction of sp³-hybridized carbons (Fsp3) is 0.200. The number of hydrogen-bond acceptors (Lipinski definition) is 4. The van der Waals surface area contributed by atoms with Crippen molar-refractivity contribution < 1.29 is 14.4 Å². The van der Waals surface area contributed by atoms with E-state index in [1.165, 1.54) is 16.0 Å². The van der Waals surface area contributed by atoms with Crippen molar-refractivity contribution in [2.45, 2.75) is 26.3 Å². The van der Waals surface area contributed by atoms with Crippen LogP contribution >= 0.6 is 11.6 Å². The normalized spacial score (nSPS) is 15.7. The molecule has 0 saturated carbocycles. The summed E-state index contributed by atoms with van der Waals surface area (Å²) < 4.78 is 0. The van der Waals surface area contributed by atoms with Gasteiger partial charge in [-0.1, -0.05) is 48.0 Å². The predicted octanol–water partition coefficient (Wildman–Crippen LogP) is 5.16. The summed E-state index contributed by atoms with van der Waals surface area (Å²) >= 11 is 6.05. The first-order valence-electron chi connectivity index (χ1n) is 12.7. The number of nitrogens with zero attached hydrogens (tertiary/aromatic N) is 4. The number of amides is 3. The maximum atomic E-state index is 13.9. The zero-order valence-corrected chi connectivity index (χ0v) is 22.4. The molecule has 1 aromatic heterocycles. The van der Waals surface area contributed by atoms with Crippen LogP contribution in [0.4, 0.5) is 11.4 Å². The van der Waals surface area contributed by atoms with Crippen LogP contribution in [0.25, 0.3) is 10.9 Å². The number of fused-ring (bicyclic) bond motifs is 1. The molecule has 0 fully saturated rings. The van der Waals surface area contributed by atoms with Gasteiger partial charge in [0.15, 0.2) is 0 Å². The molecule has 9 heteroatoms. The van der Waals surface area contributed by atoms with Crippen LogP contribution in [-0.4, -0.2) is 45.4 Å². The molecule has 1 aliphatic heterocycles. The standard InChI is InChI=1S/C30H28ClN5O3/c1-20(2)36(23-14-12-21(31)13-15-23)28(37)19-34-16-17-35(22-8-4-3-5-9-22)30(39)25(29(34)38)18-27-24-10-6-7-11-26(24)32-33-27/h3-17,20,25H,18-19H2,1-2H3,(H,32,33). The van der Waals surface area contributed by atoms with Gasteiger partial charge in [-0.05, 0) is 56.3 Å². The monoisotopic (exact) mass is 541 g/mol. The molecule has 39 heavy (non-hydrogen) atoms. The first-order chi connectivity index (χ1) is 18.8. The highest BCUT2D eigenvalue weighted by Gasteiger charge is 2.38. The van der Waals surface area contributed by atoms with Crippen molar-refractivity contribution in [1.29, 1.82) is 0 Å². The Hall–Kier alpha value is -4.43. The molecule has 3 aromatic carbocycles. The summed E-state index contributed by atoms with van der Waals surface area (Å²) in [6.45, 7) is 3.57. The van der Waals surface area contributed by atoms with Gasteiger partial charge in [0.1, 0.15) is 12.5 Å². The SMILES string of the molecule is CC(C)N(C(=O)CN1C=CN(c2ccccc2)C(=O)C(Cc2n[nH]c3ccccc23)C1=O)c1ccc(Cl)cc1. The Morgan fingerprint density at radius 1 is 0.949 bits per heavy atom. The number of H-pyrrole nitrogens is 1. The summed E-state index contributed by atoms with van der Waals surface area (Å²) in [6, 6.07) is 23.5. The van der Waals surface area contributed by atoms with Crippen molar-refractivity contribution in [3.05, 3.63) is 102 Å². The number of hydrogen-bond donors (Lipinski definition) is 1. The summed E-state index contributed by atoms with van der Waals surface area (Å²) in [5.74, 6) is -2.21. The maximum absolute atomic E-state index is 13.9. The minimum atomic E-state index is -1.08. The average Bonchev–Trinajstić information content (AvgIpc) is 3.30. The topological polar surface area (TPSA) is 89.6 Å². The van der Waals surface area contributed by atoms with E-state index in [0.717, 1.165) is 10.9 Å². The maximum Gasteiger partial charge on any atom is 0.247 e. The lowest BCUT2D eigenvalue weighted by molar-refractivity contribution is -0.140. The molecular weight excluding hydrogens is 514 g/mol. The van der Waals surface area contributed by atoms with Crippen LogP contribution in [0.3, 0.4) is 0 Å². The van der Waals surface area contributed by atoms with E-state index in [4.69, 9.17) is 11.6 Å². The average molecular weight is 542 g/mol. The molecule has 1 aliphatic rings. The number of carbonyl (C=O) groups is 3. The van der Waals surface area contributed by atoms with Crippen molar-refractivity contribution in [2.24, 2.45) is 5.92 Å². The van der Waals surface area contributed by atoms with Crippen LogP contribution < -0.4 is 9.80 Å². The molecule has 1 N–H and O–H groups in total. The molecule has 4 aromatic rings. The first-order valence-corrected chi connectivity index (χ1v) is 13.1. The Balaban J connectivity index is 1.48. The molecule has 8 nitrogen and oxygen atoms in total. The molecule has 1 unspecified atom stereocenters. The van der Waals surface area contributed by atoms with E-state index >= 15 is 0 Å². The van der Waals surface area contributed by atoms with E-state index in [9.17, 15) is 14.4 Å². The van der Waals surface area contributed by atoms with Crippen molar-refractivity contribution in [2.75, 3.05) is 16.3 Å². The summed E-state index contributed by atoms with van der Waals surface area (Å²) in [7, 11) is 0. The van der Waals surface area contributed by atoms with E-state index in [-0.39, 0.29) is 30.8 Å². The molecule has 198 valence electrons. The minimum absolute atomic E-state index is 0.0858. The number of aromatic amines is 1. The lowest BCUT2D eigenvalue weighted by Crippen LogP contribution is -2.46. The number of benzene rings is 3. The van der Waals surface area contributed by atoms with Gasteiger partial charge in [0.05, 0.1) is 11.2 Å². The third-order valence-electron chi connectivity index (χ3n) is 6.69. The van der Waals surface area contributed by atoms with Gasteiger partial charge in [-0.25, -0.2) is 0 Å². The van der Waals surface area contributed by atoms with Crippen LogP contribution in [0, 0.1) is 5.92 Å². The number of para-hydroxylation sites is 2. The summed E-state index contributed by atoms with van der Waals surface area (Å²) in [5.41, 5.74) is 2.74. The Kier molecular flexibility index (Phi) is 7.47. The number of carbonyl (C=O) groups excluding carboxylic acids is 3. The molecule has 0 spiro atoms. The second-order valence-electron chi connectivity index (χ2n) is 9.61. The van der Waals surface area contributed by atoms with E-state index in [1.807, 2.05) is 56.3 Å². The molecule has 0 saturated heterocycles. The Bertz CT molecular complexity index is 1530. The third kappa shape index (κ3) is 5.42. The smallest absolute Gasteiger partial charge is 0.247 e. The number of nitrogens with one attached hydrogen (secondary N) is 1. The van der Waals surface area contributed by atoms with Crippen LogP contribution in [0.5, 0.6) is 0 Å². The fourth-order valence-electron chi connectivity index (χ4n) is 4.80. The van der Waals surface area contributed by atoms with Gasteiger partial charge in [0.2, 0.25) is 17.7 Å². The summed E-state index contributed by atoms with van der Waals surface area (Å²) in [6.07, 6.45) is 3.14. The number of halogens is 1.